The number of carbonyl (C=O) groups is 1. The molecule has 1 aromatic rings. The predicted molar refractivity (Wildman–Crippen MR) is 62.8 cm³/mol. The Morgan fingerprint density at radius 3 is 3.07 bits per heavy atom. The Labute approximate surface area is 94.5 Å². The lowest BCUT2D eigenvalue weighted by Gasteiger charge is -2.14. The number of nitrogens with zero attached hydrogens (tertiary/aromatic N) is 2. The average molecular weight is 227 g/mol. The third-order valence-electron chi connectivity index (χ3n) is 1.98. The summed E-state index contributed by atoms with van der Waals surface area (Å²) in [4.78, 5) is 15.3. The summed E-state index contributed by atoms with van der Waals surface area (Å²) in [5, 5.41) is 2.95. The molecule has 0 saturated heterocycles. The number of rotatable bonds is 6. The van der Waals surface area contributed by atoms with E-state index in [1.54, 1.807) is 24.3 Å². The zero-order chi connectivity index (χ0) is 11.1. The van der Waals surface area contributed by atoms with Gasteiger partial charge in [-0.05, 0) is 13.2 Å². The fraction of sp³-hybridized carbons (Fsp3) is 0.600. The lowest BCUT2D eigenvalue weighted by molar-refractivity contribution is -0.121. The van der Waals surface area contributed by atoms with Gasteiger partial charge in [0.25, 0.3) is 0 Å². The smallest absolute Gasteiger partial charge is 0.221 e. The largest absolute Gasteiger partial charge is 0.352 e. The fourth-order valence-corrected chi connectivity index (χ4v) is 1.69. The molecule has 84 valence electrons. The van der Waals surface area contributed by atoms with Crippen molar-refractivity contribution in [3.63, 3.8) is 0 Å². The van der Waals surface area contributed by atoms with Crippen LogP contribution in [0.3, 0.4) is 0 Å². The van der Waals surface area contributed by atoms with Gasteiger partial charge >= 0.3 is 0 Å². The van der Waals surface area contributed by atoms with Gasteiger partial charge in [-0.1, -0.05) is 0 Å². The molecule has 1 N–H and O–H groups in total. The SMILES string of the molecule is CSCCC(=O)N[C@@H](C)Cn1ccnc1. The van der Waals surface area contributed by atoms with Crippen LogP contribution in [0.15, 0.2) is 18.7 Å². The van der Waals surface area contributed by atoms with Crippen LogP contribution in [0.25, 0.3) is 0 Å². The zero-order valence-corrected chi connectivity index (χ0v) is 9.96. The van der Waals surface area contributed by atoms with Crippen molar-refractivity contribution in [2.45, 2.75) is 25.9 Å². The summed E-state index contributed by atoms with van der Waals surface area (Å²) < 4.78 is 1.96. The van der Waals surface area contributed by atoms with Gasteiger partial charge in [-0.3, -0.25) is 4.79 Å². The lowest BCUT2D eigenvalue weighted by atomic mass is 10.3. The van der Waals surface area contributed by atoms with Crippen LogP contribution in [-0.4, -0.2) is 33.5 Å². The minimum Gasteiger partial charge on any atom is -0.352 e. The van der Waals surface area contributed by atoms with Crippen LogP contribution in [0, 0.1) is 0 Å². The Morgan fingerprint density at radius 1 is 1.67 bits per heavy atom. The number of aromatic nitrogens is 2. The van der Waals surface area contributed by atoms with Crippen LogP contribution in [-0.2, 0) is 11.3 Å². The highest BCUT2D eigenvalue weighted by Crippen LogP contribution is 1.97. The molecule has 1 heterocycles. The maximum absolute atomic E-state index is 11.4. The van der Waals surface area contributed by atoms with Crippen molar-refractivity contribution in [1.29, 1.82) is 0 Å². The van der Waals surface area contributed by atoms with Crippen LogP contribution in [0.4, 0.5) is 0 Å². The van der Waals surface area contributed by atoms with E-state index in [0.717, 1.165) is 12.3 Å². The highest BCUT2D eigenvalue weighted by atomic mass is 32.2. The van der Waals surface area contributed by atoms with E-state index < -0.39 is 0 Å². The molecule has 5 heteroatoms. The average Bonchev–Trinajstić information content (AvgIpc) is 2.67. The van der Waals surface area contributed by atoms with Gasteiger partial charge < -0.3 is 9.88 Å². The number of thioether (sulfide) groups is 1. The van der Waals surface area contributed by atoms with E-state index in [2.05, 4.69) is 10.3 Å². The molecular formula is C10H17N3OS. The second-order valence-electron chi connectivity index (χ2n) is 3.47. The van der Waals surface area contributed by atoms with Gasteiger partial charge in [0.1, 0.15) is 0 Å². The molecule has 1 amide bonds. The summed E-state index contributed by atoms with van der Waals surface area (Å²) in [6, 6.07) is 0.147. The van der Waals surface area contributed by atoms with Crippen molar-refractivity contribution < 1.29 is 4.79 Å². The summed E-state index contributed by atoms with van der Waals surface area (Å²) in [6.07, 6.45) is 7.98. The molecule has 0 aliphatic heterocycles. The first-order valence-corrected chi connectivity index (χ1v) is 6.36. The van der Waals surface area contributed by atoms with Gasteiger partial charge in [0.15, 0.2) is 0 Å². The van der Waals surface area contributed by atoms with E-state index in [1.165, 1.54) is 0 Å². The fourth-order valence-electron chi connectivity index (χ4n) is 1.30. The number of hydrogen-bond donors (Lipinski definition) is 1. The van der Waals surface area contributed by atoms with E-state index in [4.69, 9.17) is 0 Å². The van der Waals surface area contributed by atoms with Gasteiger partial charge in [0, 0.05) is 37.2 Å². The van der Waals surface area contributed by atoms with Gasteiger partial charge in [0.05, 0.1) is 6.33 Å². The maximum atomic E-state index is 11.4. The normalized spacial score (nSPS) is 12.4. The molecule has 0 aromatic carbocycles. The molecule has 0 unspecified atom stereocenters. The predicted octanol–water partition coefficient (Wildman–Crippen LogP) is 1.14. The van der Waals surface area contributed by atoms with Crippen LogP contribution in [0.2, 0.25) is 0 Å². The molecular weight excluding hydrogens is 210 g/mol. The van der Waals surface area contributed by atoms with Crippen LogP contribution in [0.5, 0.6) is 0 Å². The Bertz CT molecular complexity index is 287. The summed E-state index contributed by atoms with van der Waals surface area (Å²) >= 11 is 1.69. The molecule has 1 atom stereocenters. The highest BCUT2D eigenvalue weighted by molar-refractivity contribution is 7.98. The summed E-state index contributed by atoms with van der Waals surface area (Å²) in [6.45, 7) is 2.77. The van der Waals surface area contributed by atoms with E-state index >= 15 is 0 Å². The number of amides is 1. The summed E-state index contributed by atoms with van der Waals surface area (Å²) in [7, 11) is 0. The molecule has 0 saturated carbocycles. The molecule has 0 bridgehead atoms. The standard InChI is InChI=1S/C10H17N3OS/c1-9(7-13-5-4-11-8-13)12-10(14)3-6-15-2/h4-5,8-9H,3,6-7H2,1-2H3,(H,12,14)/t9-/m0/s1. The van der Waals surface area contributed by atoms with Gasteiger partial charge in [-0.2, -0.15) is 11.8 Å². The number of imidazole rings is 1. The second-order valence-corrected chi connectivity index (χ2v) is 4.46. The highest BCUT2D eigenvalue weighted by Gasteiger charge is 2.06. The Balaban J connectivity index is 2.23. The van der Waals surface area contributed by atoms with E-state index in [9.17, 15) is 4.79 Å². The maximum Gasteiger partial charge on any atom is 0.221 e. The molecule has 15 heavy (non-hydrogen) atoms. The molecule has 0 spiro atoms. The molecule has 0 fully saturated rings. The first-order valence-electron chi connectivity index (χ1n) is 4.96. The third kappa shape index (κ3) is 4.88. The minimum atomic E-state index is 0.122. The number of nitrogens with one attached hydrogen (secondary N) is 1. The van der Waals surface area contributed by atoms with Crippen molar-refractivity contribution in [2.75, 3.05) is 12.0 Å². The van der Waals surface area contributed by atoms with Gasteiger partial charge in [0.2, 0.25) is 5.91 Å². The minimum absolute atomic E-state index is 0.122. The molecule has 0 radical (unpaired) electrons. The Kier molecular flexibility index (Phi) is 5.25. The monoisotopic (exact) mass is 227 g/mol. The van der Waals surface area contributed by atoms with Crippen molar-refractivity contribution in [2.24, 2.45) is 0 Å². The van der Waals surface area contributed by atoms with Gasteiger partial charge in [-0.15, -0.1) is 0 Å². The van der Waals surface area contributed by atoms with E-state index in [-0.39, 0.29) is 11.9 Å². The number of hydrogen-bond acceptors (Lipinski definition) is 3. The first kappa shape index (κ1) is 12.1. The summed E-state index contributed by atoms with van der Waals surface area (Å²) in [5.74, 6) is 1.00. The van der Waals surface area contributed by atoms with Crippen LogP contribution < -0.4 is 5.32 Å². The van der Waals surface area contributed by atoms with E-state index in [1.807, 2.05) is 23.9 Å². The topological polar surface area (TPSA) is 46.9 Å². The van der Waals surface area contributed by atoms with E-state index in [0.29, 0.717) is 6.42 Å². The van der Waals surface area contributed by atoms with Crippen LogP contribution in [0.1, 0.15) is 13.3 Å². The number of carbonyl (C=O) groups excluding carboxylic acids is 1. The summed E-state index contributed by atoms with van der Waals surface area (Å²) in [5.41, 5.74) is 0. The molecule has 4 nitrogen and oxygen atoms in total. The van der Waals surface area contributed by atoms with Crippen molar-refractivity contribution in [1.82, 2.24) is 14.9 Å². The van der Waals surface area contributed by atoms with Crippen molar-refractivity contribution >= 4 is 17.7 Å². The molecule has 0 aliphatic rings. The van der Waals surface area contributed by atoms with Crippen molar-refractivity contribution in [3.8, 4) is 0 Å². The van der Waals surface area contributed by atoms with Crippen molar-refractivity contribution in [3.05, 3.63) is 18.7 Å². The molecule has 1 aromatic heterocycles. The lowest BCUT2D eigenvalue weighted by Crippen LogP contribution is -2.35. The molecule has 1 rings (SSSR count). The third-order valence-corrected chi connectivity index (χ3v) is 2.60. The Morgan fingerprint density at radius 2 is 2.47 bits per heavy atom. The quantitative estimate of drug-likeness (QED) is 0.793. The second kappa shape index (κ2) is 6.50. The Hall–Kier alpha value is -0.970. The van der Waals surface area contributed by atoms with Gasteiger partial charge in [-0.25, -0.2) is 4.98 Å². The first-order chi connectivity index (χ1) is 7.22. The zero-order valence-electron chi connectivity index (χ0n) is 9.14. The molecule has 0 aliphatic carbocycles. The van der Waals surface area contributed by atoms with Crippen LogP contribution >= 0.6 is 11.8 Å².